The van der Waals surface area contributed by atoms with Gasteiger partial charge in [0.25, 0.3) is 0 Å². The average Bonchev–Trinajstić information content (AvgIpc) is 2.41. The second-order valence-electron chi connectivity index (χ2n) is 5.62. The van der Waals surface area contributed by atoms with Crippen LogP contribution in [0.25, 0.3) is 0 Å². The highest BCUT2D eigenvalue weighted by Crippen LogP contribution is 2.27. The van der Waals surface area contributed by atoms with E-state index in [4.69, 9.17) is 9.47 Å². The molecule has 5 heteroatoms. The smallest absolute Gasteiger partial charge is 0.161 e. The molecule has 1 aromatic rings. The maximum atomic E-state index is 10.7. The number of methoxy groups -OCH3 is 1. The molecule has 20 heavy (non-hydrogen) atoms. The molecule has 0 aliphatic carbocycles. The van der Waals surface area contributed by atoms with E-state index in [1.54, 1.807) is 18.2 Å². The van der Waals surface area contributed by atoms with Gasteiger partial charge in [-0.15, -0.1) is 0 Å². The zero-order valence-corrected chi connectivity index (χ0v) is 12.5. The quantitative estimate of drug-likeness (QED) is 0.744. The molecule has 0 aliphatic heterocycles. The predicted octanol–water partition coefficient (Wildman–Crippen LogP) is 1.64. The number of carbonyl (C=O) groups excluding carboxylic acids is 1. The zero-order valence-electron chi connectivity index (χ0n) is 12.5. The topological polar surface area (TPSA) is 67.8 Å². The van der Waals surface area contributed by atoms with Crippen LogP contribution < -0.4 is 14.8 Å². The highest BCUT2D eigenvalue weighted by atomic mass is 16.5. The Labute approximate surface area is 119 Å². The van der Waals surface area contributed by atoms with Crippen LogP contribution in [0.1, 0.15) is 31.1 Å². The van der Waals surface area contributed by atoms with Crippen molar-refractivity contribution in [2.24, 2.45) is 0 Å². The number of β-amino-alcohol motifs (C(OH)–C–C–N with tert-alkyl or cyclic N) is 1. The molecule has 1 aromatic carbocycles. The van der Waals surface area contributed by atoms with Crippen molar-refractivity contribution in [3.05, 3.63) is 23.8 Å². The van der Waals surface area contributed by atoms with Crippen molar-refractivity contribution in [1.82, 2.24) is 5.32 Å². The van der Waals surface area contributed by atoms with Gasteiger partial charge in [0.2, 0.25) is 0 Å². The monoisotopic (exact) mass is 281 g/mol. The molecule has 112 valence electrons. The molecule has 2 N–H and O–H groups in total. The van der Waals surface area contributed by atoms with Crippen LogP contribution in [-0.2, 0) is 0 Å². The molecule has 0 radical (unpaired) electrons. The summed E-state index contributed by atoms with van der Waals surface area (Å²) in [5, 5.41) is 13.1. The van der Waals surface area contributed by atoms with Crippen LogP contribution in [-0.4, -0.2) is 43.3 Å². The summed E-state index contributed by atoms with van der Waals surface area (Å²) in [4.78, 5) is 10.7. The molecule has 0 saturated heterocycles. The molecule has 0 aromatic heterocycles. The maximum Gasteiger partial charge on any atom is 0.161 e. The highest BCUT2D eigenvalue weighted by Gasteiger charge is 2.13. The molecule has 0 amide bonds. The van der Waals surface area contributed by atoms with E-state index in [1.807, 2.05) is 20.8 Å². The van der Waals surface area contributed by atoms with E-state index in [9.17, 15) is 9.90 Å². The minimum atomic E-state index is -0.621. The SMILES string of the molecule is COc1cc(C=O)ccc1OCC(O)CNC(C)(C)C. The molecule has 0 heterocycles. The first-order valence-corrected chi connectivity index (χ1v) is 6.55. The second kappa shape index (κ2) is 7.26. The number of ether oxygens (including phenoxy) is 2. The van der Waals surface area contributed by atoms with Gasteiger partial charge in [-0.25, -0.2) is 0 Å². The van der Waals surface area contributed by atoms with Gasteiger partial charge in [0.15, 0.2) is 11.5 Å². The van der Waals surface area contributed by atoms with E-state index < -0.39 is 6.10 Å². The van der Waals surface area contributed by atoms with E-state index in [2.05, 4.69) is 5.32 Å². The largest absolute Gasteiger partial charge is 0.493 e. The molecule has 0 spiro atoms. The molecule has 0 bridgehead atoms. The van der Waals surface area contributed by atoms with Gasteiger partial charge in [-0.2, -0.15) is 0 Å². The Bertz CT molecular complexity index is 440. The van der Waals surface area contributed by atoms with Crippen LogP contribution in [0.15, 0.2) is 18.2 Å². The molecular formula is C15H23NO4. The van der Waals surface area contributed by atoms with E-state index >= 15 is 0 Å². The lowest BCUT2D eigenvalue weighted by Gasteiger charge is -2.23. The summed E-state index contributed by atoms with van der Waals surface area (Å²) in [6, 6.07) is 4.90. The Morgan fingerprint density at radius 3 is 2.60 bits per heavy atom. The molecule has 1 unspecified atom stereocenters. The zero-order chi connectivity index (χ0) is 15.2. The summed E-state index contributed by atoms with van der Waals surface area (Å²) in [5.41, 5.74) is 0.466. The van der Waals surface area contributed by atoms with Gasteiger partial charge in [0.1, 0.15) is 19.0 Å². The Morgan fingerprint density at radius 2 is 2.05 bits per heavy atom. The van der Waals surface area contributed by atoms with Crippen molar-refractivity contribution in [2.75, 3.05) is 20.3 Å². The van der Waals surface area contributed by atoms with Crippen LogP contribution in [0, 0.1) is 0 Å². The number of carbonyl (C=O) groups is 1. The van der Waals surface area contributed by atoms with Gasteiger partial charge in [0.05, 0.1) is 7.11 Å². The number of benzene rings is 1. The van der Waals surface area contributed by atoms with Crippen LogP contribution in [0.2, 0.25) is 0 Å². The number of aliphatic hydroxyl groups is 1. The van der Waals surface area contributed by atoms with E-state index in [1.165, 1.54) is 7.11 Å². The van der Waals surface area contributed by atoms with Gasteiger partial charge < -0.3 is 19.9 Å². The predicted molar refractivity (Wildman–Crippen MR) is 77.6 cm³/mol. The fourth-order valence-corrected chi connectivity index (χ4v) is 1.55. The lowest BCUT2D eigenvalue weighted by Crippen LogP contribution is -2.42. The first-order chi connectivity index (χ1) is 9.35. The normalized spacial score (nSPS) is 12.8. The summed E-state index contributed by atoms with van der Waals surface area (Å²) in [6.45, 7) is 6.68. The van der Waals surface area contributed by atoms with Crippen molar-refractivity contribution in [3.63, 3.8) is 0 Å². The Balaban J connectivity index is 2.54. The summed E-state index contributed by atoms with van der Waals surface area (Å²) in [6.07, 6.45) is 0.124. The van der Waals surface area contributed by atoms with Crippen molar-refractivity contribution in [2.45, 2.75) is 32.4 Å². The third kappa shape index (κ3) is 5.59. The van der Waals surface area contributed by atoms with Gasteiger partial charge in [-0.3, -0.25) is 4.79 Å². The Kier molecular flexibility index (Phi) is 5.98. The standard InChI is InChI=1S/C15H23NO4/c1-15(2,3)16-8-12(18)10-20-13-6-5-11(9-17)7-14(13)19-4/h5-7,9,12,16,18H,8,10H2,1-4H3. The summed E-state index contributed by atoms with van der Waals surface area (Å²) in [7, 11) is 1.51. The van der Waals surface area contributed by atoms with Gasteiger partial charge in [0, 0.05) is 17.6 Å². The Morgan fingerprint density at radius 1 is 1.35 bits per heavy atom. The van der Waals surface area contributed by atoms with Gasteiger partial charge in [-0.1, -0.05) is 0 Å². The number of hydrogen-bond acceptors (Lipinski definition) is 5. The second-order valence-corrected chi connectivity index (χ2v) is 5.62. The van der Waals surface area contributed by atoms with Crippen molar-refractivity contribution < 1.29 is 19.4 Å². The van der Waals surface area contributed by atoms with Crippen molar-refractivity contribution >= 4 is 6.29 Å². The number of aliphatic hydroxyl groups excluding tert-OH is 1. The number of hydrogen-bond donors (Lipinski definition) is 2. The molecular weight excluding hydrogens is 258 g/mol. The van der Waals surface area contributed by atoms with Gasteiger partial charge in [-0.05, 0) is 39.0 Å². The van der Waals surface area contributed by atoms with Crippen molar-refractivity contribution in [3.8, 4) is 11.5 Å². The van der Waals surface area contributed by atoms with Crippen LogP contribution in [0.4, 0.5) is 0 Å². The Hall–Kier alpha value is -1.59. The molecule has 0 fully saturated rings. The van der Waals surface area contributed by atoms with E-state index in [0.717, 1.165) is 6.29 Å². The summed E-state index contributed by atoms with van der Waals surface area (Å²) >= 11 is 0. The number of aldehydes is 1. The summed E-state index contributed by atoms with van der Waals surface area (Å²) in [5.74, 6) is 0.985. The third-order valence-corrected chi connectivity index (χ3v) is 2.62. The van der Waals surface area contributed by atoms with E-state index in [0.29, 0.717) is 23.6 Å². The lowest BCUT2D eigenvalue weighted by molar-refractivity contribution is 0.0984. The first kappa shape index (κ1) is 16.5. The fourth-order valence-electron chi connectivity index (χ4n) is 1.55. The van der Waals surface area contributed by atoms with Crippen molar-refractivity contribution in [1.29, 1.82) is 0 Å². The third-order valence-electron chi connectivity index (χ3n) is 2.62. The molecule has 1 rings (SSSR count). The molecule has 0 aliphatic rings. The molecule has 5 nitrogen and oxygen atoms in total. The van der Waals surface area contributed by atoms with E-state index in [-0.39, 0.29) is 12.1 Å². The molecule has 1 atom stereocenters. The highest BCUT2D eigenvalue weighted by molar-refractivity contribution is 5.76. The minimum Gasteiger partial charge on any atom is -0.493 e. The summed E-state index contributed by atoms with van der Waals surface area (Å²) < 4.78 is 10.7. The number of rotatable bonds is 7. The first-order valence-electron chi connectivity index (χ1n) is 6.55. The minimum absolute atomic E-state index is 0.0513. The van der Waals surface area contributed by atoms with Gasteiger partial charge >= 0.3 is 0 Å². The maximum absolute atomic E-state index is 10.7. The number of nitrogens with one attached hydrogen (secondary N) is 1. The fraction of sp³-hybridized carbons (Fsp3) is 0.533. The molecule has 0 saturated carbocycles. The lowest BCUT2D eigenvalue weighted by atomic mass is 10.1. The van der Waals surface area contributed by atoms with Crippen LogP contribution in [0.5, 0.6) is 11.5 Å². The average molecular weight is 281 g/mol. The van der Waals surface area contributed by atoms with Crippen LogP contribution in [0.3, 0.4) is 0 Å². The van der Waals surface area contributed by atoms with Crippen LogP contribution >= 0.6 is 0 Å².